The maximum absolute atomic E-state index is 13.3. The highest BCUT2D eigenvalue weighted by Gasteiger charge is 2.06. The van der Waals surface area contributed by atoms with Gasteiger partial charge in [0, 0.05) is 30.5 Å². The molecule has 1 aromatic heterocycles. The summed E-state index contributed by atoms with van der Waals surface area (Å²) in [6, 6.07) is 18.6. The Labute approximate surface area is 147 Å². The standard InChI is InChI=1S/C21H21FN2O/c1-16(19-5-2-6-20(22)12-19)24-14-17-7-9-21(10-8-17)25-15-18-4-3-11-23-13-18/h2-13,16,24H,14-15H2,1H3. The van der Waals surface area contributed by atoms with Crippen LogP contribution in [0.15, 0.2) is 73.1 Å². The molecule has 0 amide bonds. The van der Waals surface area contributed by atoms with Crippen LogP contribution in [0.3, 0.4) is 0 Å². The molecule has 0 aliphatic carbocycles. The molecule has 1 heterocycles. The number of rotatable bonds is 7. The first kappa shape index (κ1) is 17.1. The molecule has 4 heteroatoms. The van der Waals surface area contributed by atoms with Crippen LogP contribution in [0.5, 0.6) is 5.75 Å². The first-order valence-corrected chi connectivity index (χ1v) is 8.30. The molecule has 25 heavy (non-hydrogen) atoms. The molecule has 0 spiro atoms. The van der Waals surface area contributed by atoms with Crippen molar-refractivity contribution in [2.45, 2.75) is 26.1 Å². The number of pyridine rings is 1. The van der Waals surface area contributed by atoms with E-state index in [4.69, 9.17) is 4.74 Å². The van der Waals surface area contributed by atoms with Crippen LogP contribution in [0.4, 0.5) is 4.39 Å². The zero-order chi connectivity index (χ0) is 17.5. The van der Waals surface area contributed by atoms with Crippen LogP contribution in [0.25, 0.3) is 0 Å². The molecule has 0 saturated heterocycles. The molecule has 128 valence electrons. The average Bonchev–Trinajstić information content (AvgIpc) is 2.66. The molecule has 3 nitrogen and oxygen atoms in total. The maximum Gasteiger partial charge on any atom is 0.123 e. The van der Waals surface area contributed by atoms with Gasteiger partial charge < -0.3 is 10.1 Å². The molecule has 0 aliphatic heterocycles. The fraction of sp³-hybridized carbons (Fsp3) is 0.190. The number of ether oxygens (including phenoxy) is 1. The van der Waals surface area contributed by atoms with Gasteiger partial charge in [-0.05, 0) is 48.4 Å². The summed E-state index contributed by atoms with van der Waals surface area (Å²) in [5.41, 5.74) is 3.13. The molecule has 0 saturated carbocycles. The quantitative estimate of drug-likeness (QED) is 0.682. The smallest absolute Gasteiger partial charge is 0.123 e. The fourth-order valence-electron chi connectivity index (χ4n) is 2.52. The molecular weight excluding hydrogens is 315 g/mol. The summed E-state index contributed by atoms with van der Waals surface area (Å²) in [6.07, 6.45) is 3.54. The topological polar surface area (TPSA) is 34.1 Å². The van der Waals surface area contributed by atoms with Crippen LogP contribution >= 0.6 is 0 Å². The maximum atomic E-state index is 13.3. The van der Waals surface area contributed by atoms with Crippen LogP contribution in [0.1, 0.15) is 29.7 Å². The predicted octanol–water partition coefficient (Wildman–Crippen LogP) is 4.65. The highest BCUT2D eigenvalue weighted by molar-refractivity contribution is 5.28. The van der Waals surface area contributed by atoms with Crippen LogP contribution < -0.4 is 10.1 Å². The van der Waals surface area contributed by atoms with Gasteiger partial charge in [-0.25, -0.2) is 4.39 Å². The van der Waals surface area contributed by atoms with Gasteiger partial charge in [-0.3, -0.25) is 4.98 Å². The van der Waals surface area contributed by atoms with Gasteiger partial charge in [0.1, 0.15) is 18.2 Å². The van der Waals surface area contributed by atoms with Gasteiger partial charge in [0.25, 0.3) is 0 Å². The van der Waals surface area contributed by atoms with Gasteiger partial charge in [0.05, 0.1) is 0 Å². The second-order valence-corrected chi connectivity index (χ2v) is 5.95. The van der Waals surface area contributed by atoms with E-state index in [2.05, 4.69) is 10.3 Å². The van der Waals surface area contributed by atoms with E-state index >= 15 is 0 Å². The lowest BCUT2D eigenvalue weighted by Crippen LogP contribution is -2.18. The second-order valence-electron chi connectivity index (χ2n) is 5.95. The van der Waals surface area contributed by atoms with Crippen molar-refractivity contribution in [3.8, 4) is 5.75 Å². The van der Waals surface area contributed by atoms with E-state index < -0.39 is 0 Å². The monoisotopic (exact) mass is 336 g/mol. The molecule has 3 rings (SSSR count). The van der Waals surface area contributed by atoms with Crippen molar-refractivity contribution >= 4 is 0 Å². The molecule has 0 bridgehead atoms. The number of benzene rings is 2. The Morgan fingerprint density at radius 3 is 2.60 bits per heavy atom. The molecule has 0 radical (unpaired) electrons. The number of hydrogen-bond donors (Lipinski definition) is 1. The van der Waals surface area contributed by atoms with Crippen LogP contribution in [0.2, 0.25) is 0 Å². The summed E-state index contributed by atoms with van der Waals surface area (Å²) in [5.74, 6) is 0.618. The van der Waals surface area contributed by atoms with Crippen LogP contribution in [-0.2, 0) is 13.2 Å². The lowest BCUT2D eigenvalue weighted by molar-refractivity contribution is 0.305. The summed E-state index contributed by atoms with van der Waals surface area (Å²) in [6.45, 7) is 3.24. The van der Waals surface area contributed by atoms with E-state index in [0.29, 0.717) is 13.2 Å². The molecule has 2 aromatic carbocycles. The van der Waals surface area contributed by atoms with E-state index in [1.54, 1.807) is 24.5 Å². The number of nitrogens with one attached hydrogen (secondary N) is 1. The van der Waals surface area contributed by atoms with Crippen molar-refractivity contribution in [1.82, 2.24) is 10.3 Å². The molecule has 1 N–H and O–H groups in total. The zero-order valence-corrected chi connectivity index (χ0v) is 14.2. The van der Waals surface area contributed by atoms with Crippen molar-refractivity contribution in [3.05, 3.63) is 95.6 Å². The minimum atomic E-state index is -0.207. The molecule has 0 aliphatic rings. The van der Waals surface area contributed by atoms with Gasteiger partial charge in [-0.15, -0.1) is 0 Å². The Hall–Kier alpha value is -2.72. The lowest BCUT2D eigenvalue weighted by Gasteiger charge is -2.14. The predicted molar refractivity (Wildman–Crippen MR) is 96.7 cm³/mol. The van der Waals surface area contributed by atoms with E-state index in [9.17, 15) is 4.39 Å². The molecule has 0 fully saturated rings. The summed E-state index contributed by atoms with van der Waals surface area (Å²) >= 11 is 0. The normalized spacial score (nSPS) is 11.9. The Bertz CT molecular complexity index is 791. The van der Waals surface area contributed by atoms with Gasteiger partial charge in [-0.2, -0.15) is 0 Å². The van der Waals surface area contributed by atoms with Gasteiger partial charge >= 0.3 is 0 Å². The van der Waals surface area contributed by atoms with E-state index in [1.165, 1.54) is 6.07 Å². The number of aromatic nitrogens is 1. The third-order valence-electron chi connectivity index (χ3n) is 4.01. The minimum absolute atomic E-state index is 0.0807. The van der Waals surface area contributed by atoms with Gasteiger partial charge in [0.15, 0.2) is 0 Å². The summed E-state index contributed by atoms with van der Waals surface area (Å²) in [5, 5.41) is 3.40. The van der Waals surface area contributed by atoms with E-state index in [-0.39, 0.29) is 11.9 Å². The van der Waals surface area contributed by atoms with Crippen molar-refractivity contribution in [2.75, 3.05) is 0 Å². The highest BCUT2D eigenvalue weighted by atomic mass is 19.1. The first-order valence-electron chi connectivity index (χ1n) is 8.30. The zero-order valence-electron chi connectivity index (χ0n) is 14.2. The molecule has 3 aromatic rings. The van der Waals surface area contributed by atoms with Crippen molar-refractivity contribution in [3.63, 3.8) is 0 Å². The SMILES string of the molecule is CC(NCc1ccc(OCc2cccnc2)cc1)c1cccc(F)c1. The van der Waals surface area contributed by atoms with Gasteiger partial charge in [-0.1, -0.05) is 30.3 Å². The number of nitrogens with zero attached hydrogens (tertiary/aromatic N) is 1. The Balaban J connectivity index is 1.50. The Morgan fingerprint density at radius 1 is 1.04 bits per heavy atom. The summed E-state index contributed by atoms with van der Waals surface area (Å²) < 4.78 is 19.0. The largest absolute Gasteiger partial charge is 0.489 e. The molecule has 1 unspecified atom stereocenters. The lowest BCUT2D eigenvalue weighted by atomic mass is 10.1. The third kappa shape index (κ3) is 5.13. The first-order chi connectivity index (χ1) is 12.2. The highest BCUT2D eigenvalue weighted by Crippen LogP contribution is 2.17. The summed E-state index contributed by atoms with van der Waals surface area (Å²) in [7, 11) is 0. The Kier molecular flexibility index (Phi) is 5.75. The van der Waals surface area contributed by atoms with Crippen LogP contribution in [-0.4, -0.2) is 4.98 Å². The van der Waals surface area contributed by atoms with E-state index in [1.807, 2.05) is 49.4 Å². The second kappa shape index (κ2) is 8.40. The Morgan fingerprint density at radius 2 is 1.88 bits per heavy atom. The van der Waals surface area contributed by atoms with Crippen molar-refractivity contribution in [1.29, 1.82) is 0 Å². The average molecular weight is 336 g/mol. The third-order valence-corrected chi connectivity index (χ3v) is 4.01. The van der Waals surface area contributed by atoms with Crippen molar-refractivity contribution in [2.24, 2.45) is 0 Å². The van der Waals surface area contributed by atoms with Crippen LogP contribution in [0, 0.1) is 5.82 Å². The molecular formula is C21H21FN2O. The molecule has 1 atom stereocenters. The van der Waals surface area contributed by atoms with Gasteiger partial charge in [0.2, 0.25) is 0 Å². The van der Waals surface area contributed by atoms with Crippen molar-refractivity contribution < 1.29 is 9.13 Å². The van der Waals surface area contributed by atoms with E-state index in [0.717, 1.165) is 22.4 Å². The minimum Gasteiger partial charge on any atom is -0.489 e. The number of halogens is 1. The summed E-state index contributed by atoms with van der Waals surface area (Å²) in [4.78, 5) is 4.07. The fourth-order valence-corrected chi connectivity index (χ4v) is 2.52. The number of hydrogen-bond acceptors (Lipinski definition) is 3.